The van der Waals surface area contributed by atoms with E-state index in [2.05, 4.69) is 30.9 Å². The zero-order valence-electron chi connectivity index (χ0n) is 11.1. The molecule has 0 fully saturated rings. The van der Waals surface area contributed by atoms with Crippen LogP contribution in [0.5, 0.6) is 5.75 Å². The quantitative estimate of drug-likeness (QED) is 0.616. The summed E-state index contributed by atoms with van der Waals surface area (Å²) in [6.45, 7) is 2.29. The van der Waals surface area contributed by atoms with Crippen LogP contribution in [0.25, 0.3) is 0 Å². The summed E-state index contributed by atoms with van der Waals surface area (Å²) in [5.74, 6) is 7.00. The minimum Gasteiger partial charge on any atom is -0.466 e. The van der Waals surface area contributed by atoms with Crippen molar-refractivity contribution in [2.75, 3.05) is 13.9 Å². The van der Waals surface area contributed by atoms with Gasteiger partial charge in [-0.3, -0.25) is 0 Å². The lowest BCUT2D eigenvalue weighted by Gasteiger charge is -2.05. The van der Waals surface area contributed by atoms with Gasteiger partial charge in [-0.15, -0.1) is 0 Å². The van der Waals surface area contributed by atoms with Gasteiger partial charge < -0.3 is 9.47 Å². The van der Waals surface area contributed by atoms with Crippen LogP contribution in [0.2, 0.25) is 0 Å². The Kier molecular flexibility index (Phi) is 4.60. The van der Waals surface area contributed by atoms with Gasteiger partial charge in [0.05, 0.1) is 5.56 Å². The Morgan fingerprint density at radius 3 is 2.42 bits per heavy atom. The van der Waals surface area contributed by atoms with Crippen LogP contribution in [0.4, 0.5) is 0 Å². The van der Waals surface area contributed by atoms with Crippen molar-refractivity contribution in [2.24, 2.45) is 0 Å². The van der Waals surface area contributed by atoms with Crippen molar-refractivity contribution in [2.45, 2.75) is 6.92 Å². The molecule has 0 saturated carbocycles. The number of methoxy groups -OCH3 is 1. The van der Waals surface area contributed by atoms with E-state index in [0.29, 0.717) is 0 Å². The third kappa shape index (κ3) is 3.87. The maximum absolute atomic E-state index is 5.47. The van der Waals surface area contributed by atoms with Crippen LogP contribution in [-0.4, -0.2) is 13.9 Å². The molecule has 0 radical (unpaired) electrons. The van der Waals surface area contributed by atoms with Crippen LogP contribution in [0.3, 0.4) is 0 Å². The normalized spacial score (nSPS) is 9.58. The van der Waals surface area contributed by atoms with E-state index in [9.17, 15) is 0 Å². The molecular formula is C17H16O2. The number of aryl methyl sites for hydroxylation is 1. The monoisotopic (exact) mass is 252 g/mol. The van der Waals surface area contributed by atoms with E-state index in [1.54, 1.807) is 7.11 Å². The molecule has 0 aliphatic rings. The molecule has 0 aliphatic carbocycles. The van der Waals surface area contributed by atoms with Crippen LogP contribution in [-0.2, 0) is 4.74 Å². The summed E-state index contributed by atoms with van der Waals surface area (Å²) in [5, 5.41) is 0. The second-order valence-electron chi connectivity index (χ2n) is 4.16. The molecule has 0 unspecified atom stereocenters. The zero-order valence-corrected chi connectivity index (χ0v) is 11.1. The second-order valence-corrected chi connectivity index (χ2v) is 4.16. The SMILES string of the molecule is COCOc1ccccc1C#Cc1ccc(C)cc1. The van der Waals surface area contributed by atoms with Crippen molar-refractivity contribution >= 4 is 0 Å². The smallest absolute Gasteiger partial charge is 0.188 e. The standard InChI is InChI=1S/C17H16O2/c1-14-7-9-15(10-8-14)11-12-16-5-3-4-6-17(16)19-13-18-2/h3-10H,13H2,1-2H3. The summed E-state index contributed by atoms with van der Waals surface area (Å²) >= 11 is 0. The zero-order chi connectivity index (χ0) is 13.5. The summed E-state index contributed by atoms with van der Waals surface area (Å²) < 4.78 is 10.4. The van der Waals surface area contributed by atoms with Gasteiger partial charge in [-0.1, -0.05) is 41.7 Å². The molecule has 2 nitrogen and oxygen atoms in total. The fourth-order valence-electron chi connectivity index (χ4n) is 1.59. The first-order valence-electron chi connectivity index (χ1n) is 6.09. The van der Waals surface area contributed by atoms with Crippen LogP contribution in [0.15, 0.2) is 48.5 Å². The van der Waals surface area contributed by atoms with Gasteiger partial charge >= 0.3 is 0 Å². The Morgan fingerprint density at radius 2 is 1.68 bits per heavy atom. The second kappa shape index (κ2) is 6.63. The third-order valence-electron chi connectivity index (χ3n) is 2.61. The molecule has 0 N–H and O–H groups in total. The van der Waals surface area contributed by atoms with Crippen molar-refractivity contribution in [3.63, 3.8) is 0 Å². The Bertz CT molecular complexity index is 589. The fourth-order valence-corrected chi connectivity index (χ4v) is 1.59. The predicted molar refractivity (Wildman–Crippen MR) is 76.1 cm³/mol. The Labute approximate surface area is 114 Å². The lowest BCUT2D eigenvalue weighted by molar-refractivity contribution is 0.0509. The number of para-hydroxylation sites is 1. The molecule has 0 atom stereocenters. The van der Waals surface area contributed by atoms with Gasteiger partial charge in [-0.25, -0.2) is 0 Å². The molecule has 19 heavy (non-hydrogen) atoms. The van der Waals surface area contributed by atoms with E-state index in [1.807, 2.05) is 36.4 Å². The highest BCUT2D eigenvalue weighted by Crippen LogP contribution is 2.16. The van der Waals surface area contributed by atoms with Crippen molar-refractivity contribution in [3.8, 4) is 17.6 Å². The van der Waals surface area contributed by atoms with Gasteiger partial charge in [0.15, 0.2) is 6.79 Å². The Balaban J connectivity index is 2.21. The first-order chi connectivity index (χ1) is 9.29. The largest absolute Gasteiger partial charge is 0.466 e. The van der Waals surface area contributed by atoms with Gasteiger partial charge in [0.2, 0.25) is 0 Å². The summed E-state index contributed by atoms with van der Waals surface area (Å²) in [6.07, 6.45) is 0. The van der Waals surface area contributed by atoms with Crippen LogP contribution >= 0.6 is 0 Å². The molecule has 96 valence electrons. The number of benzene rings is 2. The van der Waals surface area contributed by atoms with E-state index in [4.69, 9.17) is 9.47 Å². The lowest BCUT2D eigenvalue weighted by atomic mass is 10.1. The Hall–Kier alpha value is -2.24. The van der Waals surface area contributed by atoms with Crippen molar-refractivity contribution < 1.29 is 9.47 Å². The Morgan fingerprint density at radius 1 is 0.947 bits per heavy atom. The first kappa shape index (κ1) is 13.2. The summed E-state index contributed by atoms with van der Waals surface area (Å²) in [6, 6.07) is 15.8. The molecule has 2 heteroatoms. The topological polar surface area (TPSA) is 18.5 Å². The highest BCUT2D eigenvalue weighted by molar-refractivity contribution is 5.49. The van der Waals surface area contributed by atoms with Crippen molar-refractivity contribution in [1.29, 1.82) is 0 Å². The number of ether oxygens (including phenoxy) is 2. The van der Waals surface area contributed by atoms with Gasteiger partial charge in [-0.05, 0) is 31.2 Å². The average molecular weight is 252 g/mol. The molecule has 0 aliphatic heterocycles. The van der Waals surface area contributed by atoms with Crippen molar-refractivity contribution in [3.05, 3.63) is 65.2 Å². The number of hydrogen-bond acceptors (Lipinski definition) is 2. The lowest BCUT2D eigenvalue weighted by Crippen LogP contribution is -2.00. The van der Waals surface area contributed by atoms with E-state index >= 15 is 0 Å². The minimum absolute atomic E-state index is 0.225. The van der Waals surface area contributed by atoms with Gasteiger partial charge in [-0.2, -0.15) is 0 Å². The van der Waals surface area contributed by atoms with Gasteiger partial charge in [0.1, 0.15) is 5.75 Å². The number of rotatable bonds is 3. The predicted octanol–water partition coefficient (Wildman–Crippen LogP) is 3.38. The van der Waals surface area contributed by atoms with Crippen LogP contribution in [0, 0.1) is 18.8 Å². The van der Waals surface area contributed by atoms with E-state index < -0.39 is 0 Å². The summed E-state index contributed by atoms with van der Waals surface area (Å²) in [5.41, 5.74) is 3.08. The molecule has 0 aromatic heterocycles. The summed E-state index contributed by atoms with van der Waals surface area (Å²) in [7, 11) is 1.60. The molecule has 0 saturated heterocycles. The molecule has 0 bridgehead atoms. The molecule has 0 spiro atoms. The molecule has 0 amide bonds. The minimum atomic E-state index is 0.225. The van der Waals surface area contributed by atoms with Gasteiger partial charge in [0, 0.05) is 12.7 Å². The molecule has 2 aromatic rings. The highest BCUT2D eigenvalue weighted by Gasteiger charge is 1.98. The average Bonchev–Trinajstić information content (AvgIpc) is 2.45. The first-order valence-corrected chi connectivity index (χ1v) is 6.09. The molecule has 0 heterocycles. The summed E-state index contributed by atoms with van der Waals surface area (Å²) in [4.78, 5) is 0. The maximum Gasteiger partial charge on any atom is 0.188 e. The maximum atomic E-state index is 5.47. The molecule has 2 rings (SSSR count). The van der Waals surface area contributed by atoms with Crippen molar-refractivity contribution in [1.82, 2.24) is 0 Å². The van der Waals surface area contributed by atoms with Crippen LogP contribution < -0.4 is 4.74 Å². The highest BCUT2D eigenvalue weighted by atomic mass is 16.7. The van der Waals surface area contributed by atoms with E-state index in [-0.39, 0.29) is 6.79 Å². The van der Waals surface area contributed by atoms with E-state index in [0.717, 1.165) is 16.9 Å². The number of hydrogen-bond donors (Lipinski definition) is 0. The van der Waals surface area contributed by atoms with E-state index in [1.165, 1.54) is 5.56 Å². The third-order valence-corrected chi connectivity index (χ3v) is 2.61. The molecular weight excluding hydrogens is 236 g/mol. The van der Waals surface area contributed by atoms with Gasteiger partial charge in [0.25, 0.3) is 0 Å². The molecule has 2 aromatic carbocycles. The fraction of sp³-hybridized carbons (Fsp3) is 0.176. The van der Waals surface area contributed by atoms with Crippen LogP contribution in [0.1, 0.15) is 16.7 Å².